The molecule has 2 aliphatic carbocycles. The molecule has 5 N–H and O–H groups in total. The molecule has 1 saturated heterocycles. The number of rotatable bonds is 11. The van der Waals surface area contributed by atoms with Crippen molar-refractivity contribution < 1.29 is 33.2 Å². The highest BCUT2D eigenvalue weighted by atomic mass is 32.2. The molecule has 4 atom stereocenters. The third kappa shape index (κ3) is 12.4. The normalized spacial score (nSPS) is 24.0. The Morgan fingerprint density at radius 3 is 2.50 bits per heavy atom. The number of methoxy groups -OCH3 is 1. The van der Waals surface area contributed by atoms with Crippen molar-refractivity contribution in [1.29, 1.82) is 0 Å². The van der Waals surface area contributed by atoms with Crippen LogP contribution in [0.3, 0.4) is 0 Å². The molecule has 1 aromatic carbocycles. The van der Waals surface area contributed by atoms with Crippen molar-refractivity contribution >= 4 is 45.8 Å². The molecule has 2 unspecified atom stereocenters. The van der Waals surface area contributed by atoms with Crippen molar-refractivity contribution in [2.75, 3.05) is 13.7 Å². The van der Waals surface area contributed by atoms with Crippen molar-refractivity contribution in [3.05, 3.63) is 46.4 Å². The van der Waals surface area contributed by atoms with Crippen LogP contribution in [0.2, 0.25) is 0 Å². The van der Waals surface area contributed by atoms with E-state index in [9.17, 15) is 33.3 Å². The molecule has 0 bridgehead atoms. The molecule has 14 nitrogen and oxygen atoms in total. The van der Waals surface area contributed by atoms with Crippen LogP contribution < -0.4 is 25.7 Å². The number of benzene rings is 1. The fraction of sp³-hybridized carbons (Fsp3) is 0.659. The smallest absolute Gasteiger partial charge is 0.405 e. The Labute approximate surface area is 332 Å². The number of fused-ring (bicyclic) bond motifs is 2. The average Bonchev–Trinajstić information content (AvgIpc) is 3.51. The first-order chi connectivity index (χ1) is 27.0. The number of amides is 4. The van der Waals surface area contributed by atoms with Crippen LogP contribution in [0.15, 0.2) is 35.1 Å². The second-order valence-electron chi connectivity index (χ2n) is 15.9. The predicted molar refractivity (Wildman–Crippen MR) is 215 cm³/mol. The third-order valence-corrected chi connectivity index (χ3v) is 13.2. The molecule has 2 aromatic rings. The topological polar surface area (TPSA) is 200 Å². The van der Waals surface area contributed by atoms with Gasteiger partial charge in [0.15, 0.2) is 0 Å². The van der Waals surface area contributed by atoms with Crippen LogP contribution in [-0.2, 0) is 31.8 Å². The number of ether oxygens (including phenoxy) is 1. The van der Waals surface area contributed by atoms with Gasteiger partial charge in [-0.1, -0.05) is 69.9 Å². The number of carbonyl (C=O) groups excluding carboxylic acids is 3. The first-order valence-electron chi connectivity index (χ1n) is 20.5. The molecular formula is C41H60N6O8S. The van der Waals surface area contributed by atoms with Crippen LogP contribution in [-0.4, -0.2) is 84.5 Å². The van der Waals surface area contributed by atoms with Crippen LogP contribution in [0.5, 0.6) is 5.75 Å². The highest BCUT2D eigenvalue weighted by molar-refractivity contribution is 7.85. The molecule has 308 valence electrons. The first kappa shape index (κ1) is 42.9. The van der Waals surface area contributed by atoms with Gasteiger partial charge in [0, 0.05) is 12.6 Å². The fourth-order valence-electron chi connectivity index (χ4n) is 7.79. The quantitative estimate of drug-likeness (QED) is 0.143. The van der Waals surface area contributed by atoms with Crippen LogP contribution in [0.1, 0.15) is 128 Å². The Kier molecular flexibility index (Phi) is 15.9. The predicted octanol–water partition coefficient (Wildman–Crippen LogP) is 5.57. The zero-order valence-corrected chi connectivity index (χ0v) is 33.8. The molecule has 2 saturated carbocycles. The van der Waals surface area contributed by atoms with E-state index >= 15 is 0 Å². The lowest BCUT2D eigenvalue weighted by atomic mass is 9.99. The van der Waals surface area contributed by atoms with Crippen LogP contribution >= 0.6 is 0 Å². The van der Waals surface area contributed by atoms with Gasteiger partial charge in [-0.2, -0.15) is 0 Å². The van der Waals surface area contributed by atoms with Gasteiger partial charge in [-0.15, -0.1) is 0 Å². The SMILES string of the molecule is CC1(S(=O)NC(=O)C2C/C=C\CCCCC[C@H](NC(=O)O)C(=O)N3CCC[C@H]3C(=O)N2)CC1.COc1ccc2nc(CCCCCC3CCCC3)c(=O)[nH]c2c1. The summed E-state index contributed by atoms with van der Waals surface area (Å²) in [7, 11) is 0.0923. The summed E-state index contributed by atoms with van der Waals surface area (Å²) in [6.07, 6.45) is 20.3. The lowest BCUT2D eigenvalue weighted by Gasteiger charge is -2.29. The van der Waals surface area contributed by atoms with E-state index in [-0.39, 0.29) is 12.0 Å². The van der Waals surface area contributed by atoms with E-state index in [1.165, 1.54) is 49.8 Å². The van der Waals surface area contributed by atoms with Gasteiger partial charge < -0.3 is 30.4 Å². The molecule has 3 heterocycles. The van der Waals surface area contributed by atoms with Crippen molar-refractivity contribution in [3.8, 4) is 5.75 Å². The molecule has 0 spiro atoms. The van der Waals surface area contributed by atoms with Gasteiger partial charge in [0.05, 0.1) is 22.9 Å². The second kappa shape index (κ2) is 20.8. The Morgan fingerprint density at radius 2 is 1.77 bits per heavy atom. The molecule has 3 fully saturated rings. The van der Waals surface area contributed by atoms with Crippen molar-refractivity contribution in [2.24, 2.45) is 5.92 Å². The lowest BCUT2D eigenvalue weighted by molar-refractivity contribution is -0.140. The maximum absolute atomic E-state index is 13.1. The Bertz CT molecular complexity index is 1790. The molecule has 15 heteroatoms. The number of unbranched alkanes of at least 4 members (excludes halogenated alkanes) is 2. The minimum atomic E-state index is -1.53. The molecule has 4 amide bonds. The first-order valence-corrected chi connectivity index (χ1v) is 21.7. The summed E-state index contributed by atoms with van der Waals surface area (Å²) in [5.74, 6) is 0.320. The van der Waals surface area contributed by atoms with Gasteiger partial charge in [0.25, 0.3) is 11.5 Å². The average molecular weight is 797 g/mol. The van der Waals surface area contributed by atoms with Gasteiger partial charge in [-0.3, -0.25) is 23.9 Å². The molecule has 4 aliphatic rings. The number of hydrogen-bond donors (Lipinski definition) is 5. The lowest BCUT2D eigenvalue weighted by Crippen LogP contribution is -2.56. The highest BCUT2D eigenvalue weighted by Crippen LogP contribution is 2.40. The Balaban J connectivity index is 0.000000228. The number of aromatic nitrogens is 2. The van der Waals surface area contributed by atoms with Crippen molar-refractivity contribution in [1.82, 2.24) is 30.2 Å². The van der Waals surface area contributed by atoms with E-state index in [4.69, 9.17) is 4.74 Å². The summed E-state index contributed by atoms with van der Waals surface area (Å²) in [4.78, 5) is 71.3. The number of carboxylic acid groups (broad SMARTS) is 1. The summed E-state index contributed by atoms with van der Waals surface area (Å²) in [5, 5.41) is 14.2. The molecule has 0 radical (unpaired) electrons. The largest absolute Gasteiger partial charge is 0.497 e. The van der Waals surface area contributed by atoms with E-state index in [0.717, 1.165) is 67.6 Å². The molecular weight excluding hydrogens is 737 g/mol. The van der Waals surface area contributed by atoms with E-state index in [1.807, 2.05) is 37.3 Å². The highest BCUT2D eigenvalue weighted by Gasteiger charge is 2.45. The number of aromatic amines is 1. The maximum Gasteiger partial charge on any atom is 0.405 e. The van der Waals surface area contributed by atoms with E-state index < -0.39 is 57.7 Å². The second-order valence-corrected chi connectivity index (χ2v) is 17.7. The Hall–Kier alpha value is -4.27. The Morgan fingerprint density at radius 1 is 1.00 bits per heavy atom. The summed E-state index contributed by atoms with van der Waals surface area (Å²) < 4.78 is 19.8. The number of H-pyrrole nitrogens is 1. The van der Waals surface area contributed by atoms with Gasteiger partial charge >= 0.3 is 6.09 Å². The van der Waals surface area contributed by atoms with E-state index in [2.05, 4.69) is 25.3 Å². The zero-order chi connectivity index (χ0) is 40.1. The van der Waals surface area contributed by atoms with E-state index in [0.29, 0.717) is 37.9 Å². The maximum atomic E-state index is 13.1. The summed E-state index contributed by atoms with van der Waals surface area (Å²) in [6, 6.07) is 3.00. The summed E-state index contributed by atoms with van der Waals surface area (Å²) in [5.41, 5.74) is 2.15. The summed E-state index contributed by atoms with van der Waals surface area (Å²) >= 11 is 0. The number of carbonyl (C=O) groups is 4. The van der Waals surface area contributed by atoms with E-state index in [1.54, 1.807) is 7.11 Å². The van der Waals surface area contributed by atoms with Gasteiger partial charge in [-0.05, 0) is 89.2 Å². The molecule has 2 aliphatic heterocycles. The van der Waals surface area contributed by atoms with Crippen LogP contribution in [0, 0.1) is 5.92 Å². The standard InChI is InChI=1S/C22H34N4O6S.C19H26N2O2/c1-22(12-13-22)33(32)25-18(27)15-9-6-4-2-3-5-7-10-16(24-21(30)31)20(29)26-14-8-11-17(26)19(28)23-15;1-23-15-11-12-16-18(13-15)21-19(22)17(20-16)10-4-2-3-7-14-8-5-6-9-14/h4,6,15-17,24H,2-3,5,7-14H2,1H3,(H,23,28)(H,25,27)(H,30,31);11-14H,2-10H2,1H3,(H,21,22)/b6-4-;/t15?,16-,17-,33?;/m0./s1. The monoisotopic (exact) mass is 796 g/mol. The van der Waals surface area contributed by atoms with Crippen molar-refractivity contribution in [3.63, 3.8) is 0 Å². The number of allylic oxidation sites excluding steroid dienone is 1. The van der Waals surface area contributed by atoms with Gasteiger partial charge in [0.2, 0.25) is 11.8 Å². The third-order valence-electron chi connectivity index (χ3n) is 11.5. The van der Waals surface area contributed by atoms with Gasteiger partial charge in [-0.25, -0.2) is 14.0 Å². The number of aryl methyl sites for hydroxylation is 1. The molecule has 6 rings (SSSR count). The number of hydrogen-bond acceptors (Lipinski definition) is 8. The summed E-state index contributed by atoms with van der Waals surface area (Å²) in [6.45, 7) is 2.20. The van der Waals surface area contributed by atoms with Crippen molar-refractivity contribution in [2.45, 2.75) is 152 Å². The van der Waals surface area contributed by atoms with Crippen LogP contribution in [0.25, 0.3) is 11.0 Å². The number of nitrogens with one attached hydrogen (secondary N) is 4. The van der Waals surface area contributed by atoms with Gasteiger partial charge in [0.1, 0.15) is 40.6 Å². The minimum Gasteiger partial charge on any atom is -0.497 e. The fourth-order valence-corrected chi connectivity index (χ4v) is 8.84. The van der Waals surface area contributed by atoms with Crippen LogP contribution in [0.4, 0.5) is 4.79 Å². The zero-order valence-electron chi connectivity index (χ0n) is 32.9. The minimum absolute atomic E-state index is 0.0680. The molecule has 1 aromatic heterocycles. The molecule has 56 heavy (non-hydrogen) atoms. The number of nitrogens with zero attached hydrogens (tertiary/aromatic N) is 2.